The van der Waals surface area contributed by atoms with Crippen molar-refractivity contribution < 1.29 is 23.5 Å². The number of carbonyl (C=O) groups is 3. The molecule has 1 aromatic rings. The van der Waals surface area contributed by atoms with Gasteiger partial charge in [-0.1, -0.05) is 18.6 Å². The Morgan fingerprint density at radius 3 is 2.47 bits per heavy atom. The quantitative estimate of drug-likeness (QED) is 0.644. The molecule has 2 fully saturated rings. The second-order valence-corrected chi connectivity index (χ2v) is 9.32. The molecule has 0 spiro atoms. The molecule has 9 heteroatoms. The second kappa shape index (κ2) is 10.1. The lowest BCUT2D eigenvalue weighted by Crippen LogP contribution is -2.57. The second-order valence-electron chi connectivity index (χ2n) is 9.32. The van der Waals surface area contributed by atoms with Gasteiger partial charge in [-0.25, -0.2) is 14.0 Å². The molecule has 34 heavy (non-hydrogen) atoms. The topological polar surface area (TPSA) is 82.2 Å². The highest BCUT2D eigenvalue weighted by molar-refractivity contribution is 5.95. The summed E-state index contributed by atoms with van der Waals surface area (Å²) in [5.74, 6) is -0.495. The first-order valence-corrected chi connectivity index (χ1v) is 12.0. The summed E-state index contributed by atoms with van der Waals surface area (Å²) >= 11 is 0. The summed E-state index contributed by atoms with van der Waals surface area (Å²) in [5, 5.41) is 2.85. The van der Waals surface area contributed by atoms with Gasteiger partial charge in [-0.3, -0.25) is 14.6 Å². The number of amides is 3. The molecule has 2 aliphatic heterocycles. The molecule has 8 nitrogen and oxygen atoms in total. The number of hydrogen-bond acceptors (Lipinski definition) is 5. The molecule has 1 saturated heterocycles. The minimum Gasteiger partial charge on any atom is -0.463 e. The highest BCUT2D eigenvalue weighted by Gasteiger charge is 2.39. The summed E-state index contributed by atoms with van der Waals surface area (Å²) in [6, 6.07) is 4.71. The Balaban J connectivity index is 1.60. The van der Waals surface area contributed by atoms with E-state index < -0.39 is 17.8 Å². The molecule has 4 rings (SSSR count). The lowest BCUT2D eigenvalue weighted by Gasteiger charge is -2.44. The van der Waals surface area contributed by atoms with Gasteiger partial charge in [0.1, 0.15) is 5.82 Å². The van der Waals surface area contributed by atoms with Crippen LogP contribution >= 0.6 is 0 Å². The average Bonchev–Trinajstić information content (AvgIpc) is 2.76. The van der Waals surface area contributed by atoms with Crippen molar-refractivity contribution in [3.8, 4) is 0 Å². The van der Waals surface area contributed by atoms with E-state index in [9.17, 15) is 18.8 Å². The van der Waals surface area contributed by atoms with Crippen LogP contribution in [0.25, 0.3) is 0 Å². The number of nitrogens with one attached hydrogen (secondary N) is 1. The van der Waals surface area contributed by atoms with Crippen molar-refractivity contribution in [3.63, 3.8) is 0 Å². The Kier molecular flexibility index (Phi) is 7.21. The fraction of sp³-hybridized carbons (Fsp3) is 0.560. The van der Waals surface area contributed by atoms with Crippen LogP contribution in [0.5, 0.6) is 0 Å². The number of halogens is 1. The molecule has 1 aromatic carbocycles. The van der Waals surface area contributed by atoms with Gasteiger partial charge in [0.05, 0.1) is 18.2 Å². The van der Waals surface area contributed by atoms with Crippen LogP contribution in [-0.2, 0) is 14.3 Å². The van der Waals surface area contributed by atoms with Gasteiger partial charge in [0.25, 0.3) is 0 Å². The van der Waals surface area contributed by atoms with E-state index in [2.05, 4.69) is 10.2 Å². The third kappa shape index (κ3) is 4.80. The van der Waals surface area contributed by atoms with Gasteiger partial charge in [0.15, 0.2) is 0 Å². The van der Waals surface area contributed by atoms with E-state index in [-0.39, 0.29) is 30.5 Å². The summed E-state index contributed by atoms with van der Waals surface area (Å²) in [5.41, 5.74) is 1.51. The maximum Gasteiger partial charge on any atom is 0.338 e. The highest BCUT2D eigenvalue weighted by Crippen LogP contribution is 2.33. The maximum atomic E-state index is 13.5. The van der Waals surface area contributed by atoms with Crippen molar-refractivity contribution in [3.05, 3.63) is 46.9 Å². The van der Waals surface area contributed by atoms with Crippen molar-refractivity contribution in [2.75, 3.05) is 39.8 Å². The molecule has 2 atom stereocenters. The maximum absolute atomic E-state index is 13.5. The Morgan fingerprint density at radius 1 is 1.18 bits per heavy atom. The summed E-state index contributed by atoms with van der Waals surface area (Å²) in [4.78, 5) is 44.3. The van der Waals surface area contributed by atoms with Gasteiger partial charge in [0, 0.05) is 50.9 Å². The van der Waals surface area contributed by atoms with Gasteiger partial charge in [0.2, 0.25) is 5.91 Å². The molecular formula is C25H33FN4O4. The van der Waals surface area contributed by atoms with E-state index in [0.717, 1.165) is 19.3 Å². The molecule has 184 valence electrons. The molecule has 2 heterocycles. The van der Waals surface area contributed by atoms with Crippen LogP contribution < -0.4 is 5.32 Å². The number of nitrogens with zero attached hydrogens (tertiary/aromatic N) is 3. The zero-order valence-electron chi connectivity index (χ0n) is 20.1. The van der Waals surface area contributed by atoms with Crippen LogP contribution in [0.2, 0.25) is 0 Å². The lowest BCUT2D eigenvalue weighted by molar-refractivity contribution is -0.142. The number of carbonyl (C=O) groups excluding carboxylic acids is 3. The van der Waals surface area contributed by atoms with Gasteiger partial charge < -0.3 is 15.0 Å². The number of likely N-dealkylation sites (N-methyl/N-ethyl adjacent to an activating group) is 1. The van der Waals surface area contributed by atoms with Gasteiger partial charge in [-0.15, -0.1) is 0 Å². The van der Waals surface area contributed by atoms with Crippen molar-refractivity contribution in [2.24, 2.45) is 5.92 Å². The van der Waals surface area contributed by atoms with E-state index in [1.807, 2.05) is 11.8 Å². The Hall–Kier alpha value is -2.94. The molecule has 0 aromatic heterocycles. The van der Waals surface area contributed by atoms with Crippen LogP contribution in [0.3, 0.4) is 0 Å². The molecule has 1 aliphatic carbocycles. The van der Waals surface area contributed by atoms with Gasteiger partial charge >= 0.3 is 12.0 Å². The molecule has 0 bridgehead atoms. The minimum atomic E-state index is -0.739. The third-order valence-electron chi connectivity index (χ3n) is 7.10. The number of esters is 1. The van der Waals surface area contributed by atoms with Crippen LogP contribution in [0.4, 0.5) is 9.18 Å². The van der Waals surface area contributed by atoms with Crippen LogP contribution in [0.1, 0.15) is 44.7 Å². The molecule has 0 radical (unpaired) electrons. The zero-order valence-corrected chi connectivity index (χ0v) is 20.1. The summed E-state index contributed by atoms with van der Waals surface area (Å²) in [6.07, 6.45) is 3.08. The fourth-order valence-electron chi connectivity index (χ4n) is 4.91. The Morgan fingerprint density at radius 2 is 1.88 bits per heavy atom. The number of piperazine rings is 1. The van der Waals surface area contributed by atoms with E-state index >= 15 is 0 Å². The Labute approximate surface area is 199 Å². The molecule has 3 aliphatic rings. The number of hydrogen-bond donors (Lipinski definition) is 1. The fourth-order valence-corrected chi connectivity index (χ4v) is 4.91. The molecule has 1 N–H and O–H groups in total. The molecular weight excluding hydrogens is 439 g/mol. The number of benzene rings is 1. The minimum absolute atomic E-state index is 0.0455. The van der Waals surface area contributed by atoms with E-state index in [1.54, 1.807) is 26.1 Å². The summed E-state index contributed by atoms with van der Waals surface area (Å²) < 4.78 is 18.9. The largest absolute Gasteiger partial charge is 0.463 e. The van der Waals surface area contributed by atoms with Crippen molar-refractivity contribution >= 4 is 17.9 Å². The smallest absolute Gasteiger partial charge is 0.338 e. The van der Waals surface area contributed by atoms with E-state index in [4.69, 9.17) is 4.74 Å². The predicted octanol–water partition coefficient (Wildman–Crippen LogP) is 2.67. The highest BCUT2D eigenvalue weighted by atomic mass is 19.1. The third-order valence-corrected chi connectivity index (χ3v) is 7.10. The van der Waals surface area contributed by atoms with Gasteiger partial charge in [-0.2, -0.15) is 0 Å². The van der Waals surface area contributed by atoms with Crippen molar-refractivity contribution in [1.82, 2.24) is 20.0 Å². The average molecular weight is 473 g/mol. The SMILES string of the molecule is CCOC(=O)C1=C(CN2CCN(C(=O)C3CCC3)[C@H](C)C2)N(C)C(=O)N[C@H]1c1ccc(F)cc1. The zero-order chi connectivity index (χ0) is 24.4. The lowest BCUT2D eigenvalue weighted by atomic mass is 9.84. The van der Waals surface area contributed by atoms with Crippen molar-refractivity contribution in [2.45, 2.75) is 45.2 Å². The van der Waals surface area contributed by atoms with E-state index in [1.165, 1.54) is 17.0 Å². The molecule has 1 saturated carbocycles. The van der Waals surface area contributed by atoms with Crippen LogP contribution in [0.15, 0.2) is 35.5 Å². The van der Waals surface area contributed by atoms with Crippen LogP contribution in [0, 0.1) is 11.7 Å². The van der Waals surface area contributed by atoms with Crippen molar-refractivity contribution in [1.29, 1.82) is 0 Å². The normalized spacial score (nSPS) is 24.1. The predicted molar refractivity (Wildman–Crippen MR) is 124 cm³/mol. The Bertz CT molecular complexity index is 976. The number of ether oxygens (including phenoxy) is 1. The van der Waals surface area contributed by atoms with Crippen LogP contribution in [-0.4, -0.2) is 78.5 Å². The summed E-state index contributed by atoms with van der Waals surface area (Å²) in [7, 11) is 1.63. The summed E-state index contributed by atoms with van der Waals surface area (Å²) in [6.45, 7) is 6.26. The molecule has 0 unspecified atom stereocenters. The number of rotatable bonds is 6. The van der Waals surface area contributed by atoms with Gasteiger partial charge in [-0.05, 0) is 44.4 Å². The molecule has 3 amide bonds. The monoisotopic (exact) mass is 472 g/mol. The first-order chi connectivity index (χ1) is 16.3. The number of urea groups is 1. The standard InChI is InChI=1S/C25H33FN4O4/c1-4-34-24(32)21-20(28(3)25(33)27-22(21)17-8-10-19(26)11-9-17)15-29-12-13-30(16(2)14-29)23(31)18-6-5-7-18/h8-11,16,18,22H,4-7,12-15H2,1-3H3,(H,27,33)/t16-,22+/m1/s1. The first-order valence-electron chi connectivity index (χ1n) is 12.0. The van der Waals surface area contributed by atoms with E-state index in [0.29, 0.717) is 43.0 Å². The first kappa shape index (κ1) is 24.2.